The zero-order chi connectivity index (χ0) is 52.0. The minimum atomic E-state index is -4.36. The molecule has 0 aromatic heterocycles. The van der Waals surface area contributed by atoms with Gasteiger partial charge < -0.3 is 19.8 Å². The average Bonchev–Trinajstić information content (AvgIpc) is 3.33. The number of nitrogens with one attached hydrogen (secondary N) is 1. The van der Waals surface area contributed by atoms with E-state index in [4.69, 9.17) is 9.05 Å². The minimum absolute atomic E-state index is 0.0495. The maximum Gasteiger partial charge on any atom is 0.472 e. The summed E-state index contributed by atoms with van der Waals surface area (Å²) < 4.78 is 23.6. The van der Waals surface area contributed by atoms with Gasteiger partial charge >= 0.3 is 7.82 Å². The number of allylic oxidation sites excluding steroid dienone is 19. The molecule has 0 saturated heterocycles. The predicted octanol–water partition coefficient (Wildman–Crippen LogP) is 17.4. The Balaban J connectivity index is 4.18. The van der Waals surface area contributed by atoms with E-state index < -0.39 is 20.0 Å². The fourth-order valence-corrected chi connectivity index (χ4v) is 8.22. The normalized spacial score (nSPS) is 14.9. The van der Waals surface area contributed by atoms with Gasteiger partial charge in [0, 0.05) is 6.42 Å². The van der Waals surface area contributed by atoms with Gasteiger partial charge in [-0.2, -0.15) is 0 Å². The number of phosphoric acid groups is 1. The van der Waals surface area contributed by atoms with E-state index in [9.17, 15) is 19.4 Å². The van der Waals surface area contributed by atoms with E-state index in [1.807, 2.05) is 27.2 Å². The first-order chi connectivity index (χ1) is 34.5. The summed E-state index contributed by atoms with van der Waals surface area (Å²) in [7, 11) is 1.54. The third-order valence-electron chi connectivity index (χ3n) is 11.9. The van der Waals surface area contributed by atoms with Crippen molar-refractivity contribution in [1.82, 2.24) is 5.32 Å². The lowest BCUT2D eigenvalue weighted by atomic mass is 10.0. The van der Waals surface area contributed by atoms with E-state index in [2.05, 4.69) is 129 Å². The van der Waals surface area contributed by atoms with Gasteiger partial charge in [-0.05, 0) is 96.3 Å². The van der Waals surface area contributed by atoms with Crippen LogP contribution in [0.4, 0.5) is 0 Å². The van der Waals surface area contributed by atoms with Crippen LogP contribution in [-0.2, 0) is 18.4 Å². The van der Waals surface area contributed by atoms with Gasteiger partial charge in [-0.3, -0.25) is 13.8 Å². The summed E-state index contributed by atoms with van der Waals surface area (Å²) in [5.74, 6) is -0.197. The Kier molecular flexibility index (Phi) is 49.5. The van der Waals surface area contributed by atoms with Crippen LogP contribution in [0.3, 0.4) is 0 Å². The number of carbonyl (C=O) groups excluding carboxylic acids is 1. The highest BCUT2D eigenvalue weighted by Crippen LogP contribution is 2.43. The van der Waals surface area contributed by atoms with Crippen molar-refractivity contribution in [1.29, 1.82) is 0 Å². The van der Waals surface area contributed by atoms with Gasteiger partial charge in [0.05, 0.1) is 39.9 Å². The lowest BCUT2D eigenvalue weighted by molar-refractivity contribution is -0.870. The summed E-state index contributed by atoms with van der Waals surface area (Å²) >= 11 is 0. The molecule has 3 atom stereocenters. The van der Waals surface area contributed by atoms with Crippen LogP contribution < -0.4 is 5.32 Å². The van der Waals surface area contributed by atoms with Gasteiger partial charge in [-0.25, -0.2) is 4.57 Å². The molecule has 0 bridgehead atoms. The van der Waals surface area contributed by atoms with Crippen molar-refractivity contribution in [3.05, 3.63) is 122 Å². The zero-order valence-corrected chi connectivity index (χ0v) is 47.1. The van der Waals surface area contributed by atoms with E-state index in [1.165, 1.54) is 96.3 Å². The molecule has 0 spiro atoms. The standard InChI is InChI=1S/C62H107N2O6P/c1-6-8-10-12-14-16-18-20-22-23-24-25-26-27-28-29-30-31-32-33-34-35-36-37-38-39-40-41-42-44-46-48-50-52-54-56-62(66)63-60(59-70-71(67,68)69-58-57-64(3,4)5)61(65)55-53-51-49-47-45-43-21-19-17-15-13-11-9-7-2/h8,10,14,16,20,22,24-25,27-28,30-31,33-34,36-37,45,47,53,55,60-61,65H,6-7,9,11-13,15,17-19,21,23,26,29,32,35,38-44,46,48-52,54,56-59H2,1-5H3,(H-,63,66,67,68)/p+1/b10-8-,16-14-,22-20-,25-24-,28-27-,31-30-,34-33-,37-36-,47-45+,55-53+. The second-order valence-corrected chi connectivity index (χ2v) is 21.4. The van der Waals surface area contributed by atoms with Crippen molar-refractivity contribution in [2.45, 2.75) is 225 Å². The number of likely N-dealkylation sites (N-methyl/N-ethyl adjacent to an activating group) is 1. The summed E-state index contributed by atoms with van der Waals surface area (Å²) in [6.07, 6.45) is 77.3. The smallest absolute Gasteiger partial charge is 0.387 e. The third-order valence-corrected chi connectivity index (χ3v) is 12.9. The molecule has 0 fully saturated rings. The molecule has 0 rings (SSSR count). The number of rotatable bonds is 50. The number of phosphoric ester groups is 1. The molecule has 0 radical (unpaired) electrons. The van der Waals surface area contributed by atoms with Crippen LogP contribution in [0.25, 0.3) is 0 Å². The van der Waals surface area contributed by atoms with Gasteiger partial charge in [0.15, 0.2) is 0 Å². The fraction of sp³-hybridized carbons (Fsp3) is 0.661. The number of carbonyl (C=O) groups is 1. The molecule has 0 saturated carbocycles. The fourth-order valence-electron chi connectivity index (χ4n) is 7.48. The molecule has 0 aliphatic heterocycles. The molecule has 0 aliphatic rings. The SMILES string of the molecule is CC/C=C\C/C=C\C/C=C\C/C=C\C/C=C\C/C=C\C/C=C\C/C=C\CCCCCCCCCCCCC(=O)NC(COP(=O)(O)OCC[N+](C)(C)C)C(O)/C=C/CC/C=C/CCCCCCCCCC. The molecule has 1 amide bonds. The Bertz CT molecular complexity index is 1560. The van der Waals surface area contributed by atoms with Gasteiger partial charge in [0.1, 0.15) is 13.2 Å². The molecule has 0 aliphatic carbocycles. The van der Waals surface area contributed by atoms with Gasteiger partial charge in [0.2, 0.25) is 5.91 Å². The van der Waals surface area contributed by atoms with Crippen LogP contribution in [0, 0.1) is 0 Å². The second kappa shape index (κ2) is 51.8. The second-order valence-electron chi connectivity index (χ2n) is 19.9. The highest BCUT2D eigenvalue weighted by Gasteiger charge is 2.27. The van der Waals surface area contributed by atoms with Crippen LogP contribution in [0.5, 0.6) is 0 Å². The van der Waals surface area contributed by atoms with Crippen molar-refractivity contribution in [2.24, 2.45) is 0 Å². The highest BCUT2D eigenvalue weighted by molar-refractivity contribution is 7.47. The summed E-state index contributed by atoms with van der Waals surface area (Å²) in [5.41, 5.74) is 0. The topological polar surface area (TPSA) is 105 Å². The Morgan fingerprint density at radius 2 is 0.859 bits per heavy atom. The van der Waals surface area contributed by atoms with Crippen molar-refractivity contribution in [3.63, 3.8) is 0 Å². The predicted molar refractivity (Wildman–Crippen MR) is 308 cm³/mol. The van der Waals surface area contributed by atoms with E-state index in [0.717, 1.165) is 96.3 Å². The van der Waals surface area contributed by atoms with Crippen molar-refractivity contribution < 1.29 is 32.9 Å². The van der Waals surface area contributed by atoms with Crippen LogP contribution in [0.1, 0.15) is 213 Å². The van der Waals surface area contributed by atoms with Crippen molar-refractivity contribution in [3.8, 4) is 0 Å². The Labute approximate surface area is 437 Å². The first-order valence-electron chi connectivity index (χ1n) is 28.4. The lowest BCUT2D eigenvalue weighted by Crippen LogP contribution is -2.45. The number of amides is 1. The number of aliphatic hydroxyl groups excluding tert-OH is 1. The highest BCUT2D eigenvalue weighted by atomic mass is 31.2. The van der Waals surface area contributed by atoms with E-state index in [1.54, 1.807) is 6.08 Å². The van der Waals surface area contributed by atoms with Gasteiger partial charge in [-0.15, -0.1) is 0 Å². The van der Waals surface area contributed by atoms with Crippen LogP contribution in [-0.4, -0.2) is 73.4 Å². The Morgan fingerprint density at radius 1 is 0.493 bits per heavy atom. The molecule has 3 N–H and O–H groups in total. The van der Waals surface area contributed by atoms with E-state index in [0.29, 0.717) is 17.4 Å². The molecule has 8 nitrogen and oxygen atoms in total. The van der Waals surface area contributed by atoms with Crippen molar-refractivity contribution in [2.75, 3.05) is 40.9 Å². The number of aliphatic hydroxyl groups is 1. The number of quaternary nitrogens is 1. The number of nitrogens with zero attached hydrogens (tertiary/aromatic N) is 1. The summed E-state index contributed by atoms with van der Waals surface area (Å²) in [6, 6.07) is -0.873. The first-order valence-corrected chi connectivity index (χ1v) is 29.9. The molecule has 9 heteroatoms. The summed E-state index contributed by atoms with van der Waals surface area (Å²) in [6.45, 7) is 4.65. The molecule has 71 heavy (non-hydrogen) atoms. The maximum atomic E-state index is 13.0. The van der Waals surface area contributed by atoms with E-state index >= 15 is 0 Å². The molecule has 0 heterocycles. The molecule has 0 aromatic carbocycles. The molecular formula is C62H108N2O6P+. The summed E-state index contributed by atoms with van der Waals surface area (Å²) in [4.78, 5) is 23.2. The first kappa shape index (κ1) is 67.9. The molecule has 0 aromatic rings. The molecular weight excluding hydrogens is 900 g/mol. The van der Waals surface area contributed by atoms with Gasteiger partial charge in [0.25, 0.3) is 0 Å². The van der Waals surface area contributed by atoms with Crippen LogP contribution in [0.2, 0.25) is 0 Å². The Morgan fingerprint density at radius 3 is 1.30 bits per heavy atom. The number of hydrogen-bond acceptors (Lipinski definition) is 5. The lowest BCUT2D eigenvalue weighted by Gasteiger charge is -2.25. The maximum absolute atomic E-state index is 13.0. The largest absolute Gasteiger partial charge is 0.472 e. The zero-order valence-electron chi connectivity index (χ0n) is 46.2. The molecule has 406 valence electrons. The van der Waals surface area contributed by atoms with Crippen LogP contribution in [0.15, 0.2) is 122 Å². The monoisotopic (exact) mass is 1010 g/mol. The Hall–Kier alpha value is -3.10. The van der Waals surface area contributed by atoms with Crippen molar-refractivity contribution >= 4 is 13.7 Å². The minimum Gasteiger partial charge on any atom is -0.387 e. The number of hydrogen-bond donors (Lipinski definition) is 3. The van der Waals surface area contributed by atoms with Gasteiger partial charge in [-0.1, -0.05) is 232 Å². The van der Waals surface area contributed by atoms with Crippen LogP contribution >= 0.6 is 7.82 Å². The average molecular weight is 1010 g/mol. The third kappa shape index (κ3) is 54.5. The number of unbranched alkanes of at least 4 members (excludes halogenated alkanes) is 19. The quantitative estimate of drug-likeness (QED) is 0.0243. The summed E-state index contributed by atoms with van der Waals surface area (Å²) in [5, 5.41) is 13.9. The van der Waals surface area contributed by atoms with E-state index in [-0.39, 0.29) is 19.1 Å². The molecule has 3 unspecified atom stereocenters.